The molecule has 0 radical (unpaired) electrons. The van der Waals surface area contributed by atoms with Crippen LogP contribution in [0.15, 0.2) is 12.2 Å². The van der Waals surface area contributed by atoms with Crippen LogP contribution in [0.3, 0.4) is 0 Å². The molecule has 1 N–H and O–H groups in total. The maximum atomic E-state index is 11.1. The molecule has 0 bridgehead atoms. The zero-order chi connectivity index (χ0) is 11.3. The van der Waals surface area contributed by atoms with Gasteiger partial charge < -0.3 is 9.84 Å². The molecule has 15 heavy (non-hydrogen) atoms. The highest BCUT2D eigenvalue weighted by Gasteiger charge is 2.27. The van der Waals surface area contributed by atoms with Gasteiger partial charge in [0, 0.05) is 6.08 Å². The molecule has 0 atom stereocenters. The van der Waals surface area contributed by atoms with E-state index in [0.717, 1.165) is 0 Å². The van der Waals surface area contributed by atoms with Crippen molar-refractivity contribution in [3.8, 4) is 0 Å². The largest absolute Gasteiger partial charge is 0.481 e. The van der Waals surface area contributed by atoms with Gasteiger partial charge in [0.1, 0.15) is 6.10 Å². The van der Waals surface area contributed by atoms with Gasteiger partial charge >= 0.3 is 11.9 Å². The lowest BCUT2D eigenvalue weighted by Crippen LogP contribution is -2.27. The van der Waals surface area contributed by atoms with Gasteiger partial charge in [-0.3, -0.25) is 4.79 Å². The first-order chi connectivity index (χ1) is 7.13. The quantitative estimate of drug-likeness (QED) is 0.571. The van der Waals surface area contributed by atoms with Crippen molar-refractivity contribution < 1.29 is 19.4 Å². The van der Waals surface area contributed by atoms with Crippen LogP contribution in [0, 0.1) is 5.92 Å². The summed E-state index contributed by atoms with van der Waals surface area (Å²) >= 11 is 0. The maximum Gasteiger partial charge on any atom is 0.330 e. The summed E-state index contributed by atoms with van der Waals surface area (Å²) in [6, 6.07) is 0. The molecule has 0 aliphatic heterocycles. The minimum absolute atomic E-state index is 0.107. The van der Waals surface area contributed by atoms with Gasteiger partial charge in [0.25, 0.3) is 0 Å². The van der Waals surface area contributed by atoms with E-state index in [1.165, 1.54) is 6.08 Å². The van der Waals surface area contributed by atoms with Crippen molar-refractivity contribution in [2.75, 3.05) is 0 Å². The molecular formula is C11H16O4. The zero-order valence-electron chi connectivity index (χ0n) is 8.81. The average Bonchev–Trinajstić information content (AvgIpc) is 2.18. The van der Waals surface area contributed by atoms with Crippen molar-refractivity contribution in [3.63, 3.8) is 0 Å². The predicted molar refractivity (Wildman–Crippen MR) is 54.3 cm³/mol. The highest BCUT2D eigenvalue weighted by molar-refractivity contribution is 5.81. The number of carbonyl (C=O) groups is 2. The molecule has 0 spiro atoms. The number of carboxylic acid groups (broad SMARTS) is 1. The lowest BCUT2D eigenvalue weighted by Gasteiger charge is -2.25. The minimum atomic E-state index is -0.742. The number of rotatable bonds is 3. The summed E-state index contributed by atoms with van der Waals surface area (Å²) in [6.07, 6.45) is 5.41. The van der Waals surface area contributed by atoms with Crippen molar-refractivity contribution in [1.29, 1.82) is 0 Å². The number of hydrogen-bond donors (Lipinski definition) is 1. The fourth-order valence-corrected chi connectivity index (χ4v) is 1.77. The van der Waals surface area contributed by atoms with E-state index in [9.17, 15) is 9.59 Å². The molecule has 0 amide bonds. The Kier molecular flexibility index (Phi) is 4.34. The van der Waals surface area contributed by atoms with Gasteiger partial charge in [-0.15, -0.1) is 0 Å². The van der Waals surface area contributed by atoms with Crippen LogP contribution >= 0.6 is 0 Å². The molecule has 0 aromatic carbocycles. The van der Waals surface area contributed by atoms with Crippen LogP contribution < -0.4 is 0 Å². The molecule has 84 valence electrons. The molecule has 1 saturated carbocycles. The van der Waals surface area contributed by atoms with Gasteiger partial charge in [0.2, 0.25) is 0 Å². The third-order valence-electron chi connectivity index (χ3n) is 2.61. The van der Waals surface area contributed by atoms with Crippen LogP contribution in [-0.4, -0.2) is 23.1 Å². The van der Waals surface area contributed by atoms with Crippen LogP contribution in [0.4, 0.5) is 0 Å². The highest BCUT2D eigenvalue weighted by Crippen LogP contribution is 2.26. The van der Waals surface area contributed by atoms with Gasteiger partial charge in [-0.2, -0.15) is 0 Å². The van der Waals surface area contributed by atoms with Gasteiger partial charge in [-0.25, -0.2) is 4.79 Å². The zero-order valence-corrected chi connectivity index (χ0v) is 8.81. The molecule has 1 aliphatic carbocycles. The number of carbonyl (C=O) groups excluding carboxylic acids is 1. The predicted octanol–water partition coefficient (Wildman–Crippen LogP) is 1.75. The normalized spacial score (nSPS) is 26.5. The summed E-state index contributed by atoms with van der Waals surface area (Å²) in [4.78, 5) is 21.8. The Bertz CT molecular complexity index is 262. The molecule has 0 aromatic heterocycles. The van der Waals surface area contributed by atoms with Crippen molar-refractivity contribution in [2.45, 2.75) is 38.7 Å². The second kappa shape index (κ2) is 5.53. The van der Waals surface area contributed by atoms with E-state index >= 15 is 0 Å². The summed E-state index contributed by atoms with van der Waals surface area (Å²) in [5.41, 5.74) is 0. The first-order valence-electron chi connectivity index (χ1n) is 5.19. The molecule has 4 heteroatoms. The van der Waals surface area contributed by atoms with Crippen molar-refractivity contribution >= 4 is 11.9 Å². The highest BCUT2D eigenvalue weighted by atomic mass is 16.5. The first-order valence-corrected chi connectivity index (χ1v) is 5.19. The fraction of sp³-hybridized carbons (Fsp3) is 0.636. The number of allylic oxidation sites excluding steroid dienone is 1. The van der Waals surface area contributed by atoms with E-state index in [4.69, 9.17) is 9.84 Å². The van der Waals surface area contributed by atoms with Gasteiger partial charge in [0.05, 0.1) is 5.92 Å². The Balaban J connectivity index is 2.31. The standard InChI is InChI=1S/C11H16O4/c1-2-3-10(12)15-9-6-4-8(5-7-9)11(13)14/h2-3,8-9H,4-7H2,1H3,(H,13,14)/b3-2-. The monoisotopic (exact) mass is 212 g/mol. The number of aliphatic carboxylic acids is 1. The molecule has 0 heterocycles. The summed E-state index contributed by atoms with van der Waals surface area (Å²) in [5, 5.41) is 8.77. The SMILES string of the molecule is C/C=C\C(=O)OC1CCC(C(=O)O)CC1. The summed E-state index contributed by atoms with van der Waals surface area (Å²) < 4.78 is 5.14. The minimum Gasteiger partial charge on any atom is -0.481 e. The molecule has 1 rings (SSSR count). The first kappa shape index (κ1) is 11.8. The Morgan fingerprint density at radius 2 is 1.87 bits per heavy atom. The molecule has 0 aromatic rings. The number of ether oxygens (including phenoxy) is 1. The molecule has 0 unspecified atom stereocenters. The van der Waals surface area contributed by atoms with E-state index in [1.54, 1.807) is 13.0 Å². The van der Waals surface area contributed by atoms with Gasteiger partial charge in [0.15, 0.2) is 0 Å². The van der Waals surface area contributed by atoms with E-state index < -0.39 is 5.97 Å². The third kappa shape index (κ3) is 3.73. The second-order valence-electron chi connectivity index (χ2n) is 3.75. The molecule has 0 saturated heterocycles. The van der Waals surface area contributed by atoms with Crippen LogP contribution in [0.1, 0.15) is 32.6 Å². The van der Waals surface area contributed by atoms with Crippen LogP contribution in [0.2, 0.25) is 0 Å². The summed E-state index contributed by atoms with van der Waals surface area (Å²) in [5.74, 6) is -1.34. The summed E-state index contributed by atoms with van der Waals surface area (Å²) in [7, 11) is 0. The van der Waals surface area contributed by atoms with Gasteiger partial charge in [-0.1, -0.05) is 6.08 Å². The second-order valence-corrected chi connectivity index (χ2v) is 3.75. The maximum absolute atomic E-state index is 11.1. The Hall–Kier alpha value is -1.32. The van der Waals surface area contributed by atoms with Crippen LogP contribution in [0.5, 0.6) is 0 Å². The topological polar surface area (TPSA) is 63.6 Å². The lowest BCUT2D eigenvalue weighted by molar-refractivity contribution is -0.148. The van der Waals surface area contributed by atoms with Crippen LogP contribution in [0.25, 0.3) is 0 Å². The summed E-state index contributed by atoms with van der Waals surface area (Å²) in [6.45, 7) is 1.75. The van der Waals surface area contributed by atoms with E-state index in [2.05, 4.69) is 0 Å². The smallest absolute Gasteiger partial charge is 0.330 e. The van der Waals surface area contributed by atoms with E-state index in [1.807, 2.05) is 0 Å². The third-order valence-corrected chi connectivity index (χ3v) is 2.61. The van der Waals surface area contributed by atoms with E-state index in [-0.39, 0.29) is 18.0 Å². The molecule has 1 fully saturated rings. The number of hydrogen-bond acceptors (Lipinski definition) is 3. The van der Waals surface area contributed by atoms with Crippen LogP contribution in [-0.2, 0) is 14.3 Å². The van der Waals surface area contributed by atoms with Crippen molar-refractivity contribution in [2.24, 2.45) is 5.92 Å². The molecule has 4 nitrogen and oxygen atoms in total. The van der Waals surface area contributed by atoms with E-state index in [0.29, 0.717) is 25.7 Å². The number of esters is 1. The van der Waals surface area contributed by atoms with Gasteiger partial charge in [-0.05, 0) is 32.6 Å². The Morgan fingerprint density at radius 3 is 2.33 bits per heavy atom. The average molecular weight is 212 g/mol. The fourth-order valence-electron chi connectivity index (χ4n) is 1.77. The molecule has 1 aliphatic rings. The van der Waals surface area contributed by atoms with Crippen molar-refractivity contribution in [3.05, 3.63) is 12.2 Å². The Morgan fingerprint density at radius 1 is 1.27 bits per heavy atom. The van der Waals surface area contributed by atoms with Crippen molar-refractivity contribution in [1.82, 2.24) is 0 Å². The lowest BCUT2D eigenvalue weighted by atomic mass is 9.87. The number of carboxylic acids is 1. The molecular weight excluding hydrogens is 196 g/mol. The Labute approximate surface area is 88.9 Å².